The lowest BCUT2D eigenvalue weighted by molar-refractivity contribution is -0.255. The van der Waals surface area contributed by atoms with Crippen molar-refractivity contribution in [1.82, 2.24) is 0 Å². The first-order valence-electron chi connectivity index (χ1n) is 5.52. The van der Waals surface area contributed by atoms with Gasteiger partial charge < -0.3 is 9.90 Å². The van der Waals surface area contributed by atoms with E-state index in [1.807, 2.05) is 24.3 Å². The SMILES string of the molecule is O=C([O-])c1ccc2c(c1)N=C(Cl)c1ccccc1S2. The van der Waals surface area contributed by atoms with E-state index in [1.165, 1.54) is 23.9 Å². The molecule has 0 N–H and O–H groups in total. The average Bonchev–Trinajstić information content (AvgIpc) is 2.54. The van der Waals surface area contributed by atoms with Gasteiger partial charge in [-0.25, -0.2) is 4.99 Å². The maximum absolute atomic E-state index is 10.9. The minimum atomic E-state index is -1.22. The zero-order valence-electron chi connectivity index (χ0n) is 9.59. The minimum Gasteiger partial charge on any atom is -0.545 e. The number of nitrogens with zero attached hydrogens (tertiary/aromatic N) is 1. The van der Waals surface area contributed by atoms with Crippen LogP contribution in [0.1, 0.15) is 15.9 Å². The Kier molecular flexibility index (Phi) is 3.05. The summed E-state index contributed by atoms with van der Waals surface area (Å²) in [6.07, 6.45) is 0. The molecule has 0 amide bonds. The molecule has 5 heteroatoms. The second-order valence-corrected chi connectivity index (χ2v) is 5.41. The lowest BCUT2D eigenvalue weighted by atomic mass is 10.2. The summed E-state index contributed by atoms with van der Waals surface area (Å²) in [4.78, 5) is 17.0. The molecule has 0 bridgehead atoms. The zero-order valence-corrected chi connectivity index (χ0v) is 11.2. The van der Waals surface area contributed by atoms with E-state index in [2.05, 4.69) is 4.99 Å². The summed E-state index contributed by atoms with van der Waals surface area (Å²) in [7, 11) is 0. The summed E-state index contributed by atoms with van der Waals surface area (Å²) < 4.78 is 0. The third-order valence-corrected chi connectivity index (χ3v) is 4.17. The molecule has 0 spiro atoms. The Balaban J connectivity index is 2.19. The number of carbonyl (C=O) groups is 1. The molecule has 0 saturated carbocycles. The van der Waals surface area contributed by atoms with Gasteiger partial charge in [0.15, 0.2) is 0 Å². The minimum absolute atomic E-state index is 0.0959. The van der Waals surface area contributed by atoms with E-state index in [0.717, 1.165) is 15.4 Å². The summed E-state index contributed by atoms with van der Waals surface area (Å²) >= 11 is 7.70. The second kappa shape index (κ2) is 4.72. The fourth-order valence-electron chi connectivity index (χ4n) is 1.83. The van der Waals surface area contributed by atoms with Crippen molar-refractivity contribution in [2.45, 2.75) is 9.79 Å². The maximum atomic E-state index is 10.9. The number of hydrogen-bond acceptors (Lipinski definition) is 4. The number of halogens is 1. The first-order chi connectivity index (χ1) is 9.15. The van der Waals surface area contributed by atoms with Crippen LogP contribution in [0, 0.1) is 0 Å². The van der Waals surface area contributed by atoms with Crippen molar-refractivity contribution in [2.24, 2.45) is 4.99 Å². The van der Waals surface area contributed by atoms with Gasteiger partial charge in [-0.2, -0.15) is 0 Å². The van der Waals surface area contributed by atoms with Crippen LogP contribution in [-0.4, -0.2) is 11.1 Å². The van der Waals surface area contributed by atoms with Gasteiger partial charge >= 0.3 is 0 Å². The van der Waals surface area contributed by atoms with E-state index in [4.69, 9.17) is 11.6 Å². The molecule has 0 aromatic heterocycles. The standard InChI is InChI=1S/C14H8ClNO2S/c15-13-9-3-1-2-4-11(9)19-12-6-5-8(14(17)18)7-10(12)16-13/h1-7H,(H,17,18)/p-1. The van der Waals surface area contributed by atoms with E-state index in [0.29, 0.717) is 10.9 Å². The van der Waals surface area contributed by atoms with Crippen molar-refractivity contribution >= 4 is 40.2 Å². The molecule has 19 heavy (non-hydrogen) atoms. The van der Waals surface area contributed by atoms with Gasteiger partial charge in [-0.15, -0.1) is 0 Å². The molecule has 2 aromatic carbocycles. The molecular formula is C14H7ClNO2S-. The molecule has 0 radical (unpaired) electrons. The Labute approximate surface area is 118 Å². The highest BCUT2D eigenvalue weighted by molar-refractivity contribution is 7.99. The van der Waals surface area contributed by atoms with Gasteiger partial charge in [0.25, 0.3) is 0 Å². The Morgan fingerprint density at radius 3 is 2.74 bits per heavy atom. The van der Waals surface area contributed by atoms with E-state index >= 15 is 0 Å². The number of aromatic carboxylic acids is 1. The van der Waals surface area contributed by atoms with E-state index in [-0.39, 0.29) is 5.56 Å². The van der Waals surface area contributed by atoms with Gasteiger partial charge in [-0.1, -0.05) is 47.6 Å². The molecule has 0 atom stereocenters. The quantitative estimate of drug-likeness (QED) is 0.811. The van der Waals surface area contributed by atoms with Crippen molar-refractivity contribution in [2.75, 3.05) is 0 Å². The van der Waals surface area contributed by atoms with Crippen LogP contribution in [0.15, 0.2) is 57.2 Å². The van der Waals surface area contributed by atoms with Gasteiger partial charge in [0.1, 0.15) is 5.17 Å². The zero-order chi connectivity index (χ0) is 13.4. The molecule has 1 aliphatic heterocycles. The molecule has 0 saturated heterocycles. The number of carboxylic acid groups (broad SMARTS) is 1. The lowest BCUT2D eigenvalue weighted by Gasteiger charge is -2.07. The highest BCUT2D eigenvalue weighted by atomic mass is 35.5. The van der Waals surface area contributed by atoms with Gasteiger partial charge in [0.05, 0.1) is 11.7 Å². The fraction of sp³-hybridized carbons (Fsp3) is 0. The van der Waals surface area contributed by atoms with Crippen LogP contribution >= 0.6 is 23.4 Å². The van der Waals surface area contributed by atoms with Crippen molar-refractivity contribution < 1.29 is 9.90 Å². The van der Waals surface area contributed by atoms with Gasteiger partial charge in [-0.05, 0) is 23.8 Å². The van der Waals surface area contributed by atoms with Crippen LogP contribution in [0.4, 0.5) is 5.69 Å². The number of hydrogen-bond donors (Lipinski definition) is 0. The number of carbonyl (C=O) groups excluding carboxylic acids is 1. The summed E-state index contributed by atoms with van der Waals surface area (Å²) in [5.41, 5.74) is 1.49. The predicted molar refractivity (Wildman–Crippen MR) is 73.4 cm³/mol. The summed E-state index contributed by atoms with van der Waals surface area (Å²) in [6.45, 7) is 0. The molecule has 94 valence electrons. The van der Waals surface area contributed by atoms with Gasteiger partial charge in [-0.3, -0.25) is 0 Å². The maximum Gasteiger partial charge on any atom is 0.138 e. The summed E-state index contributed by atoms with van der Waals surface area (Å²) in [6, 6.07) is 12.4. The van der Waals surface area contributed by atoms with Crippen LogP contribution in [-0.2, 0) is 0 Å². The molecule has 0 aliphatic carbocycles. The first-order valence-corrected chi connectivity index (χ1v) is 6.71. The molecule has 2 aromatic rings. The highest BCUT2D eigenvalue weighted by Crippen LogP contribution is 2.41. The Morgan fingerprint density at radius 2 is 1.95 bits per heavy atom. The molecular weight excluding hydrogens is 282 g/mol. The van der Waals surface area contributed by atoms with Crippen molar-refractivity contribution in [1.29, 1.82) is 0 Å². The number of carboxylic acids is 1. The summed E-state index contributed by atoms with van der Waals surface area (Å²) in [5, 5.41) is 11.2. The molecule has 3 nitrogen and oxygen atoms in total. The van der Waals surface area contributed by atoms with Crippen LogP contribution in [0.2, 0.25) is 0 Å². The third kappa shape index (κ3) is 2.25. The van der Waals surface area contributed by atoms with Gasteiger partial charge in [0.2, 0.25) is 0 Å². The molecule has 3 rings (SSSR count). The van der Waals surface area contributed by atoms with Crippen LogP contribution in [0.25, 0.3) is 0 Å². The predicted octanol–water partition coefficient (Wildman–Crippen LogP) is 2.83. The Bertz CT molecular complexity index is 712. The topological polar surface area (TPSA) is 52.5 Å². The average molecular weight is 289 g/mol. The van der Waals surface area contributed by atoms with Gasteiger partial charge in [0, 0.05) is 15.4 Å². The molecule has 1 aliphatic rings. The van der Waals surface area contributed by atoms with Crippen molar-refractivity contribution in [3.05, 3.63) is 53.6 Å². The monoisotopic (exact) mass is 288 g/mol. The Hall–Kier alpha value is -1.78. The molecule has 0 fully saturated rings. The fourth-order valence-corrected chi connectivity index (χ4v) is 3.14. The van der Waals surface area contributed by atoms with Crippen molar-refractivity contribution in [3.63, 3.8) is 0 Å². The second-order valence-electron chi connectivity index (χ2n) is 3.97. The van der Waals surface area contributed by atoms with Crippen LogP contribution in [0.3, 0.4) is 0 Å². The smallest absolute Gasteiger partial charge is 0.138 e. The van der Waals surface area contributed by atoms with Crippen LogP contribution < -0.4 is 5.11 Å². The molecule has 0 unspecified atom stereocenters. The summed E-state index contributed by atoms with van der Waals surface area (Å²) in [5.74, 6) is -1.22. The Morgan fingerprint density at radius 1 is 1.16 bits per heavy atom. The van der Waals surface area contributed by atoms with E-state index < -0.39 is 5.97 Å². The lowest BCUT2D eigenvalue weighted by Crippen LogP contribution is -2.21. The van der Waals surface area contributed by atoms with E-state index in [1.54, 1.807) is 6.07 Å². The largest absolute Gasteiger partial charge is 0.545 e. The first kappa shape index (κ1) is 12.3. The van der Waals surface area contributed by atoms with Crippen molar-refractivity contribution in [3.8, 4) is 0 Å². The third-order valence-electron chi connectivity index (χ3n) is 2.74. The molecule has 1 heterocycles. The number of rotatable bonds is 1. The normalized spacial score (nSPS) is 13.0. The van der Waals surface area contributed by atoms with E-state index in [9.17, 15) is 9.90 Å². The van der Waals surface area contributed by atoms with Crippen LogP contribution in [0.5, 0.6) is 0 Å². The number of aliphatic imine (C=N–C) groups is 1. The highest BCUT2D eigenvalue weighted by Gasteiger charge is 2.16. The number of fused-ring (bicyclic) bond motifs is 2. The number of benzene rings is 2.